The van der Waals surface area contributed by atoms with Crippen LogP contribution in [0, 0.1) is 11.6 Å². The van der Waals surface area contributed by atoms with E-state index in [1.807, 2.05) is 0 Å². The van der Waals surface area contributed by atoms with Gasteiger partial charge < -0.3 is 10.2 Å². The number of benzene rings is 2. The van der Waals surface area contributed by atoms with E-state index in [1.165, 1.54) is 19.1 Å². The first-order valence-electron chi connectivity index (χ1n) is 6.44. The zero-order valence-electron chi connectivity index (χ0n) is 11.6. The molecule has 0 saturated carbocycles. The molecule has 116 valence electrons. The minimum absolute atomic E-state index is 0.0631. The quantitative estimate of drug-likeness (QED) is 0.860. The van der Waals surface area contributed by atoms with E-state index in [0.29, 0.717) is 6.07 Å². The van der Waals surface area contributed by atoms with Crippen LogP contribution in [-0.2, 0) is 10.4 Å². The summed E-state index contributed by atoms with van der Waals surface area (Å²) in [6.07, 6.45) is 0. The summed E-state index contributed by atoms with van der Waals surface area (Å²) in [6, 6.07) is 9.40. The van der Waals surface area contributed by atoms with Crippen LogP contribution >= 0.6 is 15.9 Å². The molecule has 0 heterocycles. The van der Waals surface area contributed by atoms with Crippen LogP contribution in [-0.4, -0.2) is 16.2 Å². The molecule has 2 N–H and O–H groups in total. The first kappa shape index (κ1) is 16.6. The van der Waals surface area contributed by atoms with E-state index >= 15 is 0 Å². The molecule has 0 amide bonds. The number of rotatable bonds is 4. The highest BCUT2D eigenvalue weighted by atomic mass is 79.9. The molecule has 0 spiro atoms. The average Bonchev–Trinajstić information content (AvgIpc) is 2.45. The number of carbonyl (C=O) groups is 1. The van der Waals surface area contributed by atoms with Crippen molar-refractivity contribution in [2.24, 2.45) is 0 Å². The Morgan fingerprint density at radius 1 is 1.23 bits per heavy atom. The van der Waals surface area contributed by atoms with Gasteiger partial charge in [-0.2, -0.15) is 0 Å². The first-order valence-corrected chi connectivity index (χ1v) is 7.23. The average molecular weight is 371 g/mol. The molecule has 0 radical (unpaired) electrons. The number of halogens is 3. The van der Waals surface area contributed by atoms with Crippen LogP contribution < -0.4 is 0 Å². The number of aliphatic carboxylic acids is 1. The smallest absolute Gasteiger partial charge is 0.341 e. The molecule has 2 atom stereocenters. The summed E-state index contributed by atoms with van der Waals surface area (Å²) >= 11 is 3.03. The lowest BCUT2D eigenvalue weighted by molar-refractivity contribution is -0.162. The molecule has 2 rings (SSSR count). The number of aliphatic hydroxyl groups is 1. The number of carboxylic acids is 1. The third-order valence-electron chi connectivity index (χ3n) is 3.64. The van der Waals surface area contributed by atoms with Crippen molar-refractivity contribution in [2.75, 3.05) is 0 Å². The van der Waals surface area contributed by atoms with E-state index in [-0.39, 0.29) is 15.6 Å². The van der Waals surface area contributed by atoms with Crippen LogP contribution in [0.1, 0.15) is 24.0 Å². The highest BCUT2D eigenvalue weighted by molar-refractivity contribution is 9.10. The Bertz CT molecular complexity index is 683. The minimum atomic E-state index is -2.34. The molecule has 2 unspecified atom stereocenters. The van der Waals surface area contributed by atoms with Gasteiger partial charge >= 0.3 is 5.97 Å². The van der Waals surface area contributed by atoms with Gasteiger partial charge in [0.25, 0.3) is 0 Å². The van der Waals surface area contributed by atoms with Gasteiger partial charge in [-0.3, -0.25) is 0 Å². The van der Waals surface area contributed by atoms with Crippen molar-refractivity contribution in [1.82, 2.24) is 0 Å². The molecule has 2 aromatic carbocycles. The molecule has 0 fully saturated rings. The summed E-state index contributed by atoms with van der Waals surface area (Å²) < 4.78 is 27.4. The third kappa shape index (κ3) is 2.76. The van der Waals surface area contributed by atoms with Gasteiger partial charge in [0.1, 0.15) is 11.6 Å². The van der Waals surface area contributed by atoms with Crippen molar-refractivity contribution in [3.8, 4) is 0 Å². The molecule has 0 saturated heterocycles. The zero-order valence-corrected chi connectivity index (χ0v) is 13.1. The molecular formula is C16H13BrF2O3. The number of carboxylic acid groups (broad SMARTS) is 1. The fourth-order valence-corrected chi connectivity index (χ4v) is 3.18. The maximum absolute atomic E-state index is 14.1. The van der Waals surface area contributed by atoms with Crippen molar-refractivity contribution < 1.29 is 23.8 Å². The Morgan fingerprint density at radius 2 is 1.82 bits per heavy atom. The van der Waals surface area contributed by atoms with E-state index in [4.69, 9.17) is 0 Å². The molecule has 6 heteroatoms. The van der Waals surface area contributed by atoms with Gasteiger partial charge in [0, 0.05) is 22.0 Å². The highest BCUT2D eigenvalue weighted by Gasteiger charge is 2.45. The lowest BCUT2D eigenvalue weighted by Crippen LogP contribution is -2.41. The van der Waals surface area contributed by atoms with Crippen molar-refractivity contribution in [2.45, 2.75) is 18.4 Å². The van der Waals surface area contributed by atoms with E-state index in [0.717, 1.165) is 6.07 Å². The fourth-order valence-electron chi connectivity index (χ4n) is 2.43. The second kappa shape index (κ2) is 6.14. The molecule has 3 nitrogen and oxygen atoms in total. The minimum Gasteiger partial charge on any atom is -0.479 e. The first-order chi connectivity index (χ1) is 10.3. The van der Waals surface area contributed by atoms with Crippen molar-refractivity contribution in [3.63, 3.8) is 0 Å². The van der Waals surface area contributed by atoms with Gasteiger partial charge in [-0.05, 0) is 11.6 Å². The molecule has 0 bridgehead atoms. The Balaban J connectivity index is 2.63. The molecule has 0 aliphatic heterocycles. The van der Waals surface area contributed by atoms with Crippen LogP contribution in [0.5, 0.6) is 0 Å². The maximum Gasteiger partial charge on any atom is 0.341 e. The van der Waals surface area contributed by atoms with E-state index in [2.05, 4.69) is 15.9 Å². The SMILES string of the molecule is CC(c1c(F)cc(F)cc1Br)C(O)(C(=O)O)c1ccccc1. The lowest BCUT2D eigenvalue weighted by atomic mass is 9.78. The predicted molar refractivity (Wildman–Crippen MR) is 80.4 cm³/mol. The summed E-state index contributed by atoms with van der Waals surface area (Å²) in [7, 11) is 0. The normalized spacial score (nSPS) is 15.1. The Kier molecular flexibility index (Phi) is 4.63. The summed E-state index contributed by atoms with van der Waals surface area (Å²) in [5.74, 6) is -4.38. The maximum atomic E-state index is 14.1. The van der Waals surface area contributed by atoms with Crippen molar-refractivity contribution in [1.29, 1.82) is 0 Å². The topological polar surface area (TPSA) is 57.5 Å². The highest BCUT2D eigenvalue weighted by Crippen LogP contribution is 2.41. The van der Waals surface area contributed by atoms with Gasteiger partial charge in [-0.1, -0.05) is 53.2 Å². The van der Waals surface area contributed by atoms with Crippen LogP contribution in [0.25, 0.3) is 0 Å². The van der Waals surface area contributed by atoms with Gasteiger partial charge in [-0.15, -0.1) is 0 Å². The lowest BCUT2D eigenvalue weighted by Gasteiger charge is -2.31. The number of hydrogen-bond acceptors (Lipinski definition) is 2. The second-order valence-electron chi connectivity index (χ2n) is 4.94. The van der Waals surface area contributed by atoms with Gasteiger partial charge in [-0.25, -0.2) is 13.6 Å². The van der Waals surface area contributed by atoms with Crippen LogP contribution in [0.3, 0.4) is 0 Å². The van der Waals surface area contributed by atoms with Gasteiger partial charge in [0.05, 0.1) is 0 Å². The summed E-state index contributed by atoms with van der Waals surface area (Å²) in [5.41, 5.74) is -2.33. The monoisotopic (exact) mass is 370 g/mol. The Hall–Kier alpha value is -1.79. The van der Waals surface area contributed by atoms with E-state index in [9.17, 15) is 23.8 Å². The second-order valence-corrected chi connectivity index (χ2v) is 5.80. The van der Waals surface area contributed by atoms with Crippen LogP contribution in [0.15, 0.2) is 46.9 Å². The molecular weight excluding hydrogens is 358 g/mol. The summed E-state index contributed by atoms with van der Waals surface area (Å²) in [6.45, 7) is 1.38. The standard InChI is InChI=1S/C16H13BrF2O3/c1-9(14-12(17)7-11(18)8-13(14)19)16(22,15(20)21)10-5-3-2-4-6-10/h2-9,22H,1H3,(H,20,21). The van der Waals surface area contributed by atoms with Crippen LogP contribution in [0.2, 0.25) is 0 Å². The summed E-state index contributed by atoms with van der Waals surface area (Å²) in [5, 5.41) is 20.2. The molecule has 0 aliphatic rings. The van der Waals surface area contributed by atoms with E-state index < -0.39 is 29.1 Å². The van der Waals surface area contributed by atoms with Gasteiger partial charge in [0.15, 0.2) is 5.60 Å². The largest absolute Gasteiger partial charge is 0.479 e. The molecule has 0 aromatic heterocycles. The van der Waals surface area contributed by atoms with Crippen molar-refractivity contribution >= 4 is 21.9 Å². The Labute approximate surface area is 134 Å². The molecule has 22 heavy (non-hydrogen) atoms. The fraction of sp³-hybridized carbons (Fsp3) is 0.188. The van der Waals surface area contributed by atoms with Crippen LogP contribution in [0.4, 0.5) is 8.78 Å². The molecule has 2 aromatic rings. The third-order valence-corrected chi connectivity index (χ3v) is 4.30. The molecule has 0 aliphatic carbocycles. The van der Waals surface area contributed by atoms with Gasteiger partial charge in [0.2, 0.25) is 0 Å². The predicted octanol–water partition coefficient (Wildman–Crippen LogP) is 3.80. The Morgan fingerprint density at radius 3 is 2.32 bits per heavy atom. The van der Waals surface area contributed by atoms with E-state index in [1.54, 1.807) is 18.2 Å². The van der Waals surface area contributed by atoms with Crippen molar-refractivity contribution in [3.05, 3.63) is 69.7 Å². The zero-order chi connectivity index (χ0) is 16.5. The number of hydrogen-bond donors (Lipinski definition) is 2. The summed E-state index contributed by atoms with van der Waals surface area (Å²) in [4.78, 5) is 11.7.